The molecule has 1 saturated carbocycles. The molecular weight excluding hydrogens is 483 g/mol. The smallest absolute Gasteiger partial charge is 0.152 e. The molecule has 3 N–H and O–H groups in total. The number of hydrogen-bond donors (Lipinski definition) is 3. The second-order valence-corrected chi connectivity index (χ2v) is 9.97. The van der Waals surface area contributed by atoms with Crippen molar-refractivity contribution in [1.29, 1.82) is 5.26 Å². The van der Waals surface area contributed by atoms with Crippen molar-refractivity contribution in [2.45, 2.75) is 50.6 Å². The van der Waals surface area contributed by atoms with Crippen LogP contribution >= 0.6 is 11.6 Å². The summed E-state index contributed by atoms with van der Waals surface area (Å²) in [4.78, 5) is 8.53. The molecule has 1 saturated heterocycles. The van der Waals surface area contributed by atoms with Gasteiger partial charge in [-0.2, -0.15) is 5.26 Å². The molecule has 2 aromatic heterocycles. The van der Waals surface area contributed by atoms with Crippen molar-refractivity contribution in [1.82, 2.24) is 15.3 Å². The minimum atomic E-state index is -0.519. The lowest BCUT2D eigenvalue weighted by Crippen LogP contribution is -2.38. The Morgan fingerprint density at radius 2 is 1.92 bits per heavy atom. The standard InChI is InChI=1S/C26H34ClFN6O2/c1-35-11-8-30-19-2-4-20(5-3-19)34-24-13-21(22(28)15-31-24)18-12-23(25(27)32-14-18)33-17-26(16-29)6-9-36-10-7-26/h12-15,19-20,30,33H,2-11,17H2,1H3,(H,31,34)/t19-,20-. The molecule has 1 aliphatic heterocycles. The van der Waals surface area contributed by atoms with E-state index in [4.69, 9.17) is 21.1 Å². The van der Waals surface area contributed by atoms with Crippen molar-refractivity contribution < 1.29 is 13.9 Å². The van der Waals surface area contributed by atoms with Gasteiger partial charge in [0.2, 0.25) is 0 Å². The summed E-state index contributed by atoms with van der Waals surface area (Å²) in [5.41, 5.74) is 1.04. The van der Waals surface area contributed by atoms with Gasteiger partial charge in [-0.3, -0.25) is 0 Å². The van der Waals surface area contributed by atoms with Crippen molar-refractivity contribution in [2.24, 2.45) is 5.41 Å². The Labute approximate surface area is 216 Å². The van der Waals surface area contributed by atoms with Crippen LogP contribution in [0.3, 0.4) is 0 Å². The van der Waals surface area contributed by atoms with E-state index in [-0.39, 0.29) is 5.15 Å². The molecule has 194 valence electrons. The van der Waals surface area contributed by atoms with Crippen molar-refractivity contribution in [3.63, 3.8) is 0 Å². The highest BCUT2D eigenvalue weighted by molar-refractivity contribution is 6.32. The van der Waals surface area contributed by atoms with E-state index in [0.29, 0.717) is 73.9 Å². The van der Waals surface area contributed by atoms with Crippen molar-refractivity contribution in [3.8, 4) is 17.2 Å². The number of pyridine rings is 2. The van der Waals surface area contributed by atoms with Crippen LogP contribution < -0.4 is 16.0 Å². The van der Waals surface area contributed by atoms with Gasteiger partial charge >= 0.3 is 0 Å². The van der Waals surface area contributed by atoms with Gasteiger partial charge < -0.3 is 25.4 Å². The molecule has 2 aliphatic rings. The Balaban J connectivity index is 1.41. The molecule has 10 heteroatoms. The van der Waals surface area contributed by atoms with E-state index in [9.17, 15) is 9.65 Å². The fourth-order valence-electron chi connectivity index (χ4n) is 4.83. The minimum Gasteiger partial charge on any atom is -0.383 e. The molecule has 1 aliphatic carbocycles. The highest BCUT2D eigenvalue weighted by Gasteiger charge is 2.32. The number of nitrogens with one attached hydrogen (secondary N) is 3. The molecule has 0 aromatic carbocycles. The first kappa shape index (κ1) is 26.6. The number of nitriles is 1. The van der Waals surface area contributed by atoms with Gasteiger partial charge in [-0.05, 0) is 50.7 Å². The zero-order valence-electron chi connectivity index (χ0n) is 20.7. The summed E-state index contributed by atoms with van der Waals surface area (Å²) in [6, 6.07) is 6.73. The molecule has 0 amide bonds. The van der Waals surface area contributed by atoms with E-state index in [1.165, 1.54) is 6.20 Å². The lowest BCUT2D eigenvalue weighted by Gasteiger charge is -2.31. The van der Waals surface area contributed by atoms with Crippen LogP contribution in [0.1, 0.15) is 38.5 Å². The summed E-state index contributed by atoms with van der Waals surface area (Å²) >= 11 is 6.33. The Kier molecular flexibility index (Phi) is 9.32. The second kappa shape index (κ2) is 12.6. The largest absolute Gasteiger partial charge is 0.383 e. The lowest BCUT2D eigenvalue weighted by atomic mass is 9.81. The van der Waals surface area contributed by atoms with Crippen LogP contribution in [0.4, 0.5) is 15.9 Å². The topological polar surface area (TPSA) is 104 Å². The Morgan fingerprint density at radius 3 is 2.64 bits per heavy atom. The Morgan fingerprint density at radius 1 is 1.17 bits per heavy atom. The van der Waals surface area contributed by atoms with E-state index in [1.54, 1.807) is 25.4 Å². The number of methoxy groups -OCH3 is 1. The molecule has 8 nitrogen and oxygen atoms in total. The highest BCUT2D eigenvalue weighted by Crippen LogP contribution is 2.33. The number of halogens is 2. The van der Waals surface area contributed by atoms with Crippen LogP contribution in [0.15, 0.2) is 24.5 Å². The van der Waals surface area contributed by atoms with E-state index in [2.05, 4.69) is 32.0 Å². The Bertz CT molecular complexity index is 1050. The maximum Gasteiger partial charge on any atom is 0.152 e. The van der Waals surface area contributed by atoms with Gasteiger partial charge in [0.15, 0.2) is 5.15 Å². The maximum atomic E-state index is 14.8. The van der Waals surface area contributed by atoms with E-state index < -0.39 is 11.2 Å². The average molecular weight is 517 g/mol. The van der Waals surface area contributed by atoms with Crippen LogP contribution in [-0.4, -0.2) is 62.1 Å². The van der Waals surface area contributed by atoms with Crippen LogP contribution in [-0.2, 0) is 9.47 Å². The van der Waals surface area contributed by atoms with Crippen LogP contribution in [0, 0.1) is 22.6 Å². The van der Waals surface area contributed by atoms with Gasteiger partial charge in [0.1, 0.15) is 11.6 Å². The summed E-state index contributed by atoms with van der Waals surface area (Å²) < 4.78 is 25.3. The molecule has 0 atom stereocenters. The van der Waals surface area contributed by atoms with E-state index in [0.717, 1.165) is 32.2 Å². The third-order valence-electron chi connectivity index (χ3n) is 7.13. The first-order valence-corrected chi connectivity index (χ1v) is 12.9. The van der Waals surface area contributed by atoms with Gasteiger partial charge in [0.25, 0.3) is 0 Å². The lowest BCUT2D eigenvalue weighted by molar-refractivity contribution is 0.0456. The summed E-state index contributed by atoms with van der Waals surface area (Å²) in [7, 11) is 1.71. The Hall–Kier alpha value is -2.51. The highest BCUT2D eigenvalue weighted by atomic mass is 35.5. The zero-order chi connectivity index (χ0) is 25.4. The molecule has 0 unspecified atom stereocenters. The monoisotopic (exact) mass is 516 g/mol. The fraction of sp³-hybridized carbons (Fsp3) is 0.577. The predicted octanol–water partition coefficient (Wildman–Crippen LogP) is 4.63. The minimum absolute atomic E-state index is 0.280. The third kappa shape index (κ3) is 6.83. The van der Waals surface area contributed by atoms with Gasteiger partial charge in [-0.1, -0.05) is 11.6 Å². The summed E-state index contributed by atoms with van der Waals surface area (Å²) in [6.45, 7) is 3.12. The molecular formula is C26H34ClFN6O2. The molecule has 4 rings (SSSR count). The predicted molar refractivity (Wildman–Crippen MR) is 139 cm³/mol. The summed E-state index contributed by atoms with van der Waals surface area (Å²) in [6.07, 6.45) is 8.28. The number of anilines is 2. The molecule has 0 spiro atoms. The average Bonchev–Trinajstić information content (AvgIpc) is 2.91. The van der Waals surface area contributed by atoms with Gasteiger partial charge in [0.05, 0.1) is 30.0 Å². The number of nitrogens with zero attached hydrogens (tertiary/aromatic N) is 3. The number of hydrogen-bond acceptors (Lipinski definition) is 8. The number of aromatic nitrogens is 2. The fourth-order valence-corrected chi connectivity index (χ4v) is 5.00. The number of ether oxygens (including phenoxy) is 2. The molecule has 36 heavy (non-hydrogen) atoms. The number of rotatable bonds is 10. The molecule has 2 aromatic rings. The van der Waals surface area contributed by atoms with Gasteiger partial charge in [-0.15, -0.1) is 0 Å². The van der Waals surface area contributed by atoms with Gasteiger partial charge in [-0.25, -0.2) is 14.4 Å². The van der Waals surface area contributed by atoms with Crippen molar-refractivity contribution in [3.05, 3.63) is 35.5 Å². The third-order valence-corrected chi connectivity index (χ3v) is 7.43. The van der Waals surface area contributed by atoms with Crippen LogP contribution in [0.2, 0.25) is 5.15 Å². The van der Waals surface area contributed by atoms with E-state index in [1.807, 2.05) is 0 Å². The molecule has 0 bridgehead atoms. The van der Waals surface area contributed by atoms with E-state index >= 15 is 0 Å². The molecule has 0 radical (unpaired) electrons. The normalized spacial score (nSPS) is 21.5. The maximum absolute atomic E-state index is 14.8. The van der Waals surface area contributed by atoms with Crippen LogP contribution in [0.5, 0.6) is 0 Å². The first-order chi connectivity index (χ1) is 17.5. The SMILES string of the molecule is COCCN[C@H]1CC[C@H](Nc2cc(-c3cnc(Cl)c(NCC4(C#N)CCOCC4)c3)c(F)cn2)CC1. The summed E-state index contributed by atoms with van der Waals surface area (Å²) in [5.74, 6) is 0.205. The second-order valence-electron chi connectivity index (χ2n) is 9.61. The summed E-state index contributed by atoms with van der Waals surface area (Å²) in [5, 5.41) is 20.3. The first-order valence-electron chi connectivity index (χ1n) is 12.5. The molecule has 2 fully saturated rings. The van der Waals surface area contributed by atoms with Crippen molar-refractivity contribution >= 4 is 23.1 Å². The molecule has 3 heterocycles. The van der Waals surface area contributed by atoms with Crippen LogP contribution in [0.25, 0.3) is 11.1 Å². The van der Waals surface area contributed by atoms with Crippen molar-refractivity contribution in [2.75, 3.05) is 50.7 Å². The zero-order valence-corrected chi connectivity index (χ0v) is 21.4. The van der Waals surface area contributed by atoms with Gasteiger partial charge in [0, 0.05) is 62.8 Å². The quantitative estimate of drug-likeness (QED) is 0.310.